The molecule has 1 atom stereocenters. The summed E-state index contributed by atoms with van der Waals surface area (Å²) in [5, 5.41) is 2.34. The Labute approximate surface area is 171 Å². The molecule has 0 spiro atoms. The summed E-state index contributed by atoms with van der Waals surface area (Å²) in [6, 6.07) is 10.1. The molecule has 1 aromatic heterocycles. The highest BCUT2D eigenvalue weighted by Crippen LogP contribution is 2.23. The quantitative estimate of drug-likeness (QED) is 0.553. The highest BCUT2D eigenvalue weighted by atomic mass is 35.5. The van der Waals surface area contributed by atoms with Crippen molar-refractivity contribution in [3.8, 4) is 5.75 Å². The van der Waals surface area contributed by atoms with Crippen LogP contribution in [0, 0.1) is 0 Å². The highest BCUT2D eigenvalue weighted by Gasteiger charge is 2.15. The summed E-state index contributed by atoms with van der Waals surface area (Å²) in [5.41, 5.74) is 1.08. The number of likely N-dealkylation sites (tertiary alicyclic amines) is 1. The summed E-state index contributed by atoms with van der Waals surface area (Å²) >= 11 is 6.03. The van der Waals surface area contributed by atoms with E-state index in [0.29, 0.717) is 5.15 Å². The molecule has 0 amide bonds. The Morgan fingerprint density at radius 3 is 2.71 bits per heavy atom. The SMILES string of the molecule is CC1N=c2cnc(Cl)cc2=CN1c1ccc(OCCCN2CCCCC2)cc1. The molecule has 2 aliphatic heterocycles. The summed E-state index contributed by atoms with van der Waals surface area (Å²) in [6.07, 6.45) is 8.95. The third-order valence-electron chi connectivity index (χ3n) is 5.36. The molecule has 0 aliphatic carbocycles. The second kappa shape index (κ2) is 8.93. The van der Waals surface area contributed by atoms with Gasteiger partial charge in [-0.3, -0.25) is 4.99 Å². The molecule has 0 radical (unpaired) electrons. The van der Waals surface area contributed by atoms with Crippen molar-refractivity contribution >= 4 is 23.5 Å². The average Bonchev–Trinajstić information content (AvgIpc) is 2.72. The Morgan fingerprint density at radius 1 is 1.14 bits per heavy atom. The standard InChI is InChI=1S/C22H27ClN4O/c1-17-25-21-15-24-22(23)14-18(21)16-27(17)19-6-8-20(9-7-19)28-13-5-12-26-10-3-2-4-11-26/h6-9,14-17H,2-5,10-13H2,1H3. The Balaban J connectivity index is 1.35. The molecule has 6 heteroatoms. The number of fused-ring (bicyclic) bond motifs is 1. The number of ether oxygens (including phenoxy) is 1. The topological polar surface area (TPSA) is 41.0 Å². The molecule has 1 saturated heterocycles. The van der Waals surface area contributed by atoms with Crippen molar-refractivity contribution < 1.29 is 4.74 Å². The first-order valence-electron chi connectivity index (χ1n) is 10.1. The number of aromatic nitrogens is 1. The van der Waals surface area contributed by atoms with Gasteiger partial charge >= 0.3 is 0 Å². The number of halogens is 1. The molecule has 28 heavy (non-hydrogen) atoms. The molecule has 0 saturated carbocycles. The molecular weight excluding hydrogens is 372 g/mol. The fraction of sp³-hybridized carbons (Fsp3) is 0.455. The predicted molar refractivity (Wildman–Crippen MR) is 113 cm³/mol. The van der Waals surface area contributed by atoms with Crippen LogP contribution >= 0.6 is 11.6 Å². The number of pyridine rings is 1. The van der Waals surface area contributed by atoms with Gasteiger partial charge in [-0.2, -0.15) is 0 Å². The van der Waals surface area contributed by atoms with Crippen molar-refractivity contribution in [1.29, 1.82) is 0 Å². The normalized spacial score (nSPS) is 19.5. The Bertz CT molecular complexity index is 909. The van der Waals surface area contributed by atoms with Crippen LogP contribution in [-0.2, 0) is 0 Å². The fourth-order valence-electron chi connectivity index (χ4n) is 3.84. The molecule has 148 valence electrons. The Kier molecular flexibility index (Phi) is 6.13. The van der Waals surface area contributed by atoms with Gasteiger partial charge in [-0.05, 0) is 69.6 Å². The van der Waals surface area contributed by atoms with Gasteiger partial charge in [-0.1, -0.05) is 18.0 Å². The maximum absolute atomic E-state index is 6.03. The summed E-state index contributed by atoms with van der Waals surface area (Å²) < 4.78 is 5.93. The van der Waals surface area contributed by atoms with Gasteiger partial charge < -0.3 is 14.5 Å². The van der Waals surface area contributed by atoms with E-state index in [9.17, 15) is 0 Å². The monoisotopic (exact) mass is 398 g/mol. The number of hydrogen-bond donors (Lipinski definition) is 0. The molecular formula is C22H27ClN4O. The second-order valence-corrected chi connectivity index (χ2v) is 7.85. The zero-order valence-electron chi connectivity index (χ0n) is 16.4. The van der Waals surface area contributed by atoms with Gasteiger partial charge in [0, 0.05) is 23.7 Å². The minimum Gasteiger partial charge on any atom is -0.494 e. The molecule has 5 nitrogen and oxygen atoms in total. The minimum absolute atomic E-state index is 0.00628. The van der Waals surface area contributed by atoms with E-state index >= 15 is 0 Å². The number of benzene rings is 1. The van der Waals surface area contributed by atoms with Crippen molar-refractivity contribution in [2.24, 2.45) is 4.99 Å². The average molecular weight is 399 g/mol. The van der Waals surface area contributed by atoms with E-state index in [4.69, 9.17) is 21.3 Å². The molecule has 4 rings (SSSR count). The Hall–Kier alpha value is -2.11. The largest absolute Gasteiger partial charge is 0.494 e. The summed E-state index contributed by atoms with van der Waals surface area (Å²) in [5.74, 6) is 0.914. The van der Waals surface area contributed by atoms with Crippen molar-refractivity contribution in [2.45, 2.75) is 38.8 Å². The van der Waals surface area contributed by atoms with Crippen molar-refractivity contribution in [3.05, 3.63) is 52.3 Å². The molecule has 1 aromatic carbocycles. The van der Waals surface area contributed by atoms with Crippen LogP contribution in [0.25, 0.3) is 6.20 Å². The van der Waals surface area contributed by atoms with Gasteiger partial charge in [-0.25, -0.2) is 4.98 Å². The Morgan fingerprint density at radius 2 is 1.93 bits per heavy atom. The maximum Gasteiger partial charge on any atom is 0.129 e. The second-order valence-electron chi connectivity index (χ2n) is 7.46. The molecule has 2 aliphatic rings. The van der Waals surface area contributed by atoms with E-state index in [2.05, 4.69) is 40.0 Å². The lowest BCUT2D eigenvalue weighted by atomic mass is 10.1. The number of piperidine rings is 1. The van der Waals surface area contributed by atoms with Gasteiger partial charge in [0.25, 0.3) is 0 Å². The maximum atomic E-state index is 6.03. The third kappa shape index (κ3) is 4.65. The predicted octanol–water partition coefficient (Wildman–Crippen LogP) is 3.21. The van der Waals surface area contributed by atoms with Crippen LogP contribution in [0.1, 0.15) is 32.6 Å². The molecule has 3 heterocycles. The van der Waals surface area contributed by atoms with Gasteiger partial charge in [0.2, 0.25) is 0 Å². The van der Waals surface area contributed by atoms with E-state index in [1.807, 2.05) is 18.2 Å². The van der Waals surface area contributed by atoms with Crippen LogP contribution in [0.2, 0.25) is 5.15 Å². The molecule has 0 N–H and O–H groups in total. The van der Waals surface area contributed by atoms with Gasteiger partial charge in [0.15, 0.2) is 0 Å². The molecule has 2 aromatic rings. The van der Waals surface area contributed by atoms with Crippen LogP contribution in [0.4, 0.5) is 5.69 Å². The molecule has 1 unspecified atom stereocenters. The summed E-state index contributed by atoms with van der Waals surface area (Å²) in [6.45, 7) is 6.45. The number of anilines is 1. The van der Waals surface area contributed by atoms with Crippen molar-refractivity contribution in [3.63, 3.8) is 0 Å². The van der Waals surface area contributed by atoms with Crippen LogP contribution in [0.5, 0.6) is 5.75 Å². The van der Waals surface area contributed by atoms with Crippen LogP contribution in [0.3, 0.4) is 0 Å². The zero-order valence-corrected chi connectivity index (χ0v) is 17.1. The molecule has 1 fully saturated rings. The van der Waals surface area contributed by atoms with Crippen LogP contribution < -0.4 is 20.2 Å². The lowest BCUT2D eigenvalue weighted by Gasteiger charge is -2.27. The van der Waals surface area contributed by atoms with E-state index in [0.717, 1.165) is 41.6 Å². The van der Waals surface area contributed by atoms with E-state index in [1.54, 1.807) is 6.20 Å². The lowest BCUT2D eigenvalue weighted by Crippen LogP contribution is -2.41. The summed E-state index contributed by atoms with van der Waals surface area (Å²) in [4.78, 5) is 13.5. The van der Waals surface area contributed by atoms with E-state index in [1.165, 1.54) is 32.4 Å². The summed E-state index contributed by atoms with van der Waals surface area (Å²) in [7, 11) is 0. The fourth-order valence-corrected chi connectivity index (χ4v) is 4.00. The first-order valence-corrected chi connectivity index (χ1v) is 10.5. The van der Waals surface area contributed by atoms with Crippen molar-refractivity contribution in [1.82, 2.24) is 9.88 Å². The third-order valence-corrected chi connectivity index (χ3v) is 5.56. The smallest absolute Gasteiger partial charge is 0.129 e. The first-order chi connectivity index (χ1) is 13.7. The van der Waals surface area contributed by atoms with Gasteiger partial charge in [-0.15, -0.1) is 0 Å². The van der Waals surface area contributed by atoms with E-state index in [-0.39, 0.29) is 6.17 Å². The molecule has 0 bridgehead atoms. The van der Waals surface area contributed by atoms with Gasteiger partial charge in [0.05, 0.1) is 18.2 Å². The van der Waals surface area contributed by atoms with Gasteiger partial charge in [0.1, 0.15) is 17.1 Å². The number of nitrogens with zero attached hydrogens (tertiary/aromatic N) is 4. The highest BCUT2D eigenvalue weighted by molar-refractivity contribution is 6.29. The number of rotatable bonds is 6. The minimum atomic E-state index is 0.00628. The number of hydrogen-bond acceptors (Lipinski definition) is 5. The van der Waals surface area contributed by atoms with Crippen molar-refractivity contribution in [2.75, 3.05) is 31.1 Å². The lowest BCUT2D eigenvalue weighted by molar-refractivity contribution is 0.205. The first kappa shape index (κ1) is 19.2. The van der Waals surface area contributed by atoms with Crippen LogP contribution in [-0.4, -0.2) is 42.3 Å². The van der Waals surface area contributed by atoms with Crippen LogP contribution in [0.15, 0.2) is 41.5 Å². The zero-order chi connectivity index (χ0) is 19.3. The van der Waals surface area contributed by atoms with E-state index < -0.39 is 0 Å².